The number of thioether (sulfide) groups is 1. The molecule has 1 fully saturated rings. The van der Waals surface area contributed by atoms with Gasteiger partial charge in [0, 0.05) is 21.3 Å². The Kier molecular flexibility index (Phi) is 9.12. The fourth-order valence-electron chi connectivity index (χ4n) is 1.58. The number of hydrogen-bond acceptors (Lipinski definition) is 8. The van der Waals surface area contributed by atoms with Crippen molar-refractivity contribution in [3.63, 3.8) is 0 Å². The topological polar surface area (TPSA) is 86.6 Å². The zero-order valence-corrected chi connectivity index (χ0v) is 17.1. The van der Waals surface area contributed by atoms with E-state index in [1.165, 1.54) is 26.0 Å². The molecule has 0 aliphatic carbocycles. The highest BCUT2D eigenvalue weighted by atomic mass is 32.9. The lowest BCUT2D eigenvalue weighted by Crippen LogP contribution is -2.36. The van der Waals surface area contributed by atoms with Gasteiger partial charge < -0.3 is 32.8 Å². The van der Waals surface area contributed by atoms with Crippen LogP contribution in [0.4, 0.5) is 0 Å². The highest BCUT2D eigenvalue weighted by Gasteiger charge is 2.42. The van der Waals surface area contributed by atoms with Gasteiger partial charge in [0.25, 0.3) is 0 Å². The van der Waals surface area contributed by atoms with Crippen LogP contribution in [0.5, 0.6) is 0 Å². The summed E-state index contributed by atoms with van der Waals surface area (Å²) in [6.45, 7) is -2.85. The zero-order valence-electron chi connectivity index (χ0n) is 12.9. The van der Waals surface area contributed by atoms with E-state index in [1.807, 2.05) is 0 Å². The van der Waals surface area contributed by atoms with E-state index in [4.69, 9.17) is 48.0 Å². The van der Waals surface area contributed by atoms with Crippen molar-refractivity contribution in [3.8, 4) is 0 Å². The van der Waals surface area contributed by atoms with E-state index in [0.29, 0.717) is 6.61 Å². The summed E-state index contributed by atoms with van der Waals surface area (Å²) < 4.78 is 34.1. The van der Waals surface area contributed by atoms with Gasteiger partial charge in [0.15, 0.2) is 0 Å². The van der Waals surface area contributed by atoms with Crippen LogP contribution in [0.15, 0.2) is 0 Å². The largest absolute Gasteiger partial charge is 0.382 e. The van der Waals surface area contributed by atoms with E-state index >= 15 is 0 Å². The molecule has 7 nitrogen and oxygen atoms in total. The number of methoxy groups -OCH3 is 1. The number of thiol groups is 1. The lowest BCUT2D eigenvalue weighted by atomic mass is 10.2. The van der Waals surface area contributed by atoms with Gasteiger partial charge in [0.2, 0.25) is 5.69 Å². The third kappa shape index (κ3) is 8.20. The number of rotatable bonds is 10. The third-order valence-corrected chi connectivity index (χ3v) is 6.57. The highest BCUT2D eigenvalue weighted by molar-refractivity contribution is 8.59. The van der Waals surface area contributed by atoms with E-state index in [9.17, 15) is 9.79 Å². The maximum Gasteiger partial charge on any atom is 0.324 e. The molecule has 1 heterocycles. The highest BCUT2D eigenvalue weighted by Crippen LogP contribution is 2.51. The smallest absolute Gasteiger partial charge is 0.324 e. The molecule has 22 heavy (non-hydrogen) atoms. The maximum atomic E-state index is 9.92. The molecule has 0 aromatic heterocycles. The van der Waals surface area contributed by atoms with E-state index < -0.39 is 35.6 Å². The first-order valence-corrected chi connectivity index (χ1v) is 13.4. The predicted octanol–water partition coefficient (Wildman–Crippen LogP) is 1.54. The Morgan fingerprint density at radius 3 is 2.59 bits per heavy atom. The molecule has 0 radical (unpaired) electrons. The minimum atomic E-state index is -3.46. The minimum absolute atomic E-state index is 0.00875. The molecule has 6 atom stereocenters. The van der Waals surface area contributed by atoms with E-state index in [-0.39, 0.29) is 13.2 Å². The molecule has 2 unspecified atom stereocenters. The van der Waals surface area contributed by atoms with Crippen molar-refractivity contribution in [2.75, 3.05) is 39.8 Å². The van der Waals surface area contributed by atoms with Gasteiger partial charge in [-0.3, -0.25) is 0 Å². The third-order valence-electron chi connectivity index (χ3n) is 2.57. The molecule has 0 aromatic rings. The molecular weight excluding hydrogens is 410 g/mol. The zero-order chi connectivity index (χ0) is 17.7. The molecule has 0 aromatic carbocycles. The lowest BCUT2D eigenvalue weighted by molar-refractivity contribution is -0.0315. The van der Waals surface area contributed by atoms with Crippen LogP contribution in [0, 0.1) is 0 Å². The molecule has 13 heteroatoms. The Bertz CT molecular complexity index is 467. The van der Waals surface area contributed by atoms with Crippen molar-refractivity contribution in [1.29, 1.82) is 0 Å². The summed E-state index contributed by atoms with van der Waals surface area (Å²) in [6, 6.07) is 0. The summed E-state index contributed by atoms with van der Waals surface area (Å²) in [5, 5.41) is -0.420. The molecule has 1 aliphatic heterocycles. The van der Waals surface area contributed by atoms with Crippen molar-refractivity contribution < 1.29 is 34.2 Å². The average Bonchev–Trinajstić information content (AvgIpc) is 2.72. The van der Waals surface area contributed by atoms with Gasteiger partial charge in [-0.2, -0.15) is 11.8 Å². The lowest BCUT2D eigenvalue weighted by Gasteiger charge is -2.27. The van der Waals surface area contributed by atoms with Crippen LogP contribution in [0.2, 0.25) is 0 Å². The van der Waals surface area contributed by atoms with Gasteiger partial charge >= 0.3 is 6.72 Å². The first kappa shape index (κ1) is 20.0. The Morgan fingerprint density at radius 1 is 1.36 bits per heavy atom. The molecule has 132 valence electrons. The molecule has 2 N–H and O–H groups in total. The molecule has 0 saturated carbocycles. The molecule has 0 amide bonds. The summed E-state index contributed by atoms with van der Waals surface area (Å²) in [6.07, 6.45) is -1.41. The van der Waals surface area contributed by atoms with Crippen LogP contribution in [-0.2, 0) is 46.7 Å². The van der Waals surface area contributed by atoms with Crippen LogP contribution in [-0.4, -0.2) is 67.0 Å². The monoisotopic (exact) mass is 432 g/mol. The number of hydrogen-bond donors (Lipinski definition) is 3. The molecular formula is C9H20O7P2S4. The fourth-order valence-corrected chi connectivity index (χ4v) is 4.56. The van der Waals surface area contributed by atoms with Crippen molar-refractivity contribution in [2.45, 2.75) is 17.5 Å². The second-order valence-corrected chi connectivity index (χ2v) is 13.4. The van der Waals surface area contributed by atoms with Crippen molar-refractivity contribution in [2.24, 2.45) is 0 Å². The maximum absolute atomic E-state index is 9.92. The minimum Gasteiger partial charge on any atom is -0.382 e. The summed E-state index contributed by atoms with van der Waals surface area (Å²) in [5.74, 6) is 0. The fraction of sp³-hybridized carbons (Fsp3) is 1.00. The SMILES string of the molecule is [3H][C@@H]1S[C@H](COP(O)(=S)S)[C@@H](OP(O)(=S)OC)[C@H]1OCCOC. The first-order chi connectivity index (χ1) is 10.6. The summed E-state index contributed by atoms with van der Waals surface area (Å²) >= 11 is 14.6. The normalized spacial score (nSPS) is 34.9. The Hall–Kier alpha value is 1.72. The summed E-state index contributed by atoms with van der Waals surface area (Å²) in [7, 11) is 2.78. The van der Waals surface area contributed by atoms with Crippen LogP contribution >= 0.6 is 36.4 Å². The van der Waals surface area contributed by atoms with Crippen molar-refractivity contribution in [1.82, 2.24) is 0 Å². The van der Waals surface area contributed by atoms with Crippen molar-refractivity contribution >= 4 is 60.0 Å². The molecule has 1 saturated heterocycles. The van der Waals surface area contributed by atoms with Gasteiger partial charge in [-0.05, 0) is 23.6 Å². The van der Waals surface area contributed by atoms with Crippen LogP contribution in [0.1, 0.15) is 1.37 Å². The average molecular weight is 432 g/mol. The van der Waals surface area contributed by atoms with Gasteiger partial charge in [-0.25, -0.2) is 0 Å². The predicted molar refractivity (Wildman–Crippen MR) is 97.7 cm³/mol. The first-order valence-electron chi connectivity index (χ1n) is 6.62. The van der Waals surface area contributed by atoms with E-state index in [2.05, 4.69) is 12.2 Å². The standard InChI is InChI=1S/C9H20O7P2S4/c1-12-3-4-14-7-6-22-8(5-15-18(11,20)21)9(7)16-17(10,19)13-2/h7-9H,3-6H2,1-2H3,(H,10,19)(H2,11,20,21)/t7-,8+,9-,17?/m0/s1/i6T/t6-,7-,8+,9-,17?. The summed E-state index contributed by atoms with van der Waals surface area (Å²) in [5.41, 5.74) is -3.83. The molecule has 0 spiro atoms. The summed E-state index contributed by atoms with van der Waals surface area (Å²) in [4.78, 5) is 19.4. The van der Waals surface area contributed by atoms with Crippen molar-refractivity contribution in [3.05, 3.63) is 0 Å². The Labute approximate surface area is 151 Å². The molecule has 1 rings (SSSR count). The van der Waals surface area contributed by atoms with Crippen LogP contribution < -0.4 is 0 Å². The second kappa shape index (κ2) is 10.0. The van der Waals surface area contributed by atoms with E-state index in [1.54, 1.807) is 0 Å². The Balaban J connectivity index is 2.82. The number of ether oxygens (including phenoxy) is 2. The Morgan fingerprint density at radius 2 is 2.05 bits per heavy atom. The quantitative estimate of drug-likeness (QED) is 0.269. The van der Waals surface area contributed by atoms with E-state index in [0.717, 1.165) is 0 Å². The van der Waals surface area contributed by atoms with Gasteiger partial charge in [0.1, 0.15) is 6.10 Å². The molecule has 1 aliphatic rings. The van der Waals surface area contributed by atoms with Crippen LogP contribution in [0.3, 0.4) is 0 Å². The van der Waals surface area contributed by atoms with Gasteiger partial charge in [0.05, 0.1) is 31.2 Å². The second-order valence-electron chi connectivity index (χ2n) is 4.15. The van der Waals surface area contributed by atoms with Crippen LogP contribution in [0.25, 0.3) is 0 Å². The van der Waals surface area contributed by atoms with Gasteiger partial charge in [-0.15, -0.1) is 0 Å². The molecule has 0 bridgehead atoms. The van der Waals surface area contributed by atoms with Gasteiger partial charge in [-0.1, -0.05) is 12.2 Å².